The molecule has 0 bridgehead atoms. The number of alkyl halides is 2. The summed E-state index contributed by atoms with van der Waals surface area (Å²) in [4.78, 5) is 0. The highest BCUT2D eigenvalue weighted by atomic mass is 19.3. The average Bonchev–Trinajstić information content (AvgIpc) is 2.03. The van der Waals surface area contributed by atoms with Gasteiger partial charge in [0.25, 0.3) is 0 Å². The second kappa shape index (κ2) is 4.33. The number of hydrogen-bond acceptors (Lipinski definition) is 1. The molecule has 13 heavy (non-hydrogen) atoms. The van der Waals surface area contributed by atoms with Crippen molar-refractivity contribution < 1.29 is 13.5 Å². The molecule has 0 aliphatic heterocycles. The molecule has 1 nitrogen and oxygen atoms in total. The highest BCUT2D eigenvalue weighted by molar-refractivity contribution is 5.32. The first-order chi connectivity index (χ1) is 6.11. The van der Waals surface area contributed by atoms with Crippen molar-refractivity contribution >= 4 is 0 Å². The minimum absolute atomic E-state index is 0.0177. The van der Waals surface area contributed by atoms with Crippen LogP contribution in [0.15, 0.2) is 18.2 Å². The smallest absolute Gasteiger partial charge is 0.318 e. The van der Waals surface area contributed by atoms with Crippen LogP contribution in [0.2, 0.25) is 0 Å². The first-order valence-corrected chi connectivity index (χ1v) is 4.06. The Kier molecular flexibility index (Phi) is 3.37. The van der Waals surface area contributed by atoms with Crippen LogP contribution in [-0.4, -0.2) is 6.61 Å². The lowest BCUT2D eigenvalue weighted by atomic mass is 10.0. The van der Waals surface area contributed by atoms with Gasteiger partial charge in [0, 0.05) is 0 Å². The summed E-state index contributed by atoms with van der Waals surface area (Å²) in [6, 6.07) is 5.67. The molecule has 0 saturated carbocycles. The van der Waals surface area contributed by atoms with Crippen molar-refractivity contribution in [2.24, 2.45) is 0 Å². The number of ether oxygens (including phenoxy) is 1. The van der Waals surface area contributed by atoms with Gasteiger partial charge >= 0.3 is 6.61 Å². The van der Waals surface area contributed by atoms with Gasteiger partial charge in [-0.3, -0.25) is 0 Å². The molecule has 0 heterocycles. The highest BCUT2D eigenvalue weighted by Crippen LogP contribution is 2.15. The predicted octanol–water partition coefficient (Wildman–Crippen LogP) is 3.04. The van der Waals surface area contributed by atoms with Crippen LogP contribution in [-0.2, 0) is 11.3 Å². The van der Waals surface area contributed by atoms with E-state index in [9.17, 15) is 8.78 Å². The monoisotopic (exact) mass is 186 g/mol. The number of aryl methyl sites for hydroxylation is 2. The number of rotatable bonds is 3. The molecule has 0 fully saturated rings. The van der Waals surface area contributed by atoms with Gasteiger partial charge in [-0.2, -0.15) is 8.78 Å². The number of hydrogen-bond donors (Lipinski definition) is 0. The number of benzene rings is 1. The lowest BCUT2D eigenvalue weighted by Gasteiger charge is -2.09. The van der Waals surface area contributed by atoms with E-state index >= 15 is 0 Å². The quantitative estimate of drug-likeness (QED) is 0.705. The molecule has 0 N–H and O–H groups in total. The van der Waals surface area contributed by atoms with Gasteiger partial charge in [-0.15, -0.1) is 0 Å². The fraction of sp³-hybridized carbons (Fsp3) is 0.400. The zero-order valence-corrected chi connectivity index (χ0v) is 7.68. The van der Waals surface area contributed by atoms with Crippen LogP contribution in [0.3, 0.4) is 0 Å². The van der Waals surface area contributed by atoms with E-state index in [1.165, 1.54) is 0 Å². The minimum atomic E-state index is -2.70. The summed E-state index contributed by atoms with van der Waals surface area (Å²) in [5.74, 6) is 0. The van der Waals surface area contributed by atoms with Crippen LogP contribution in [0.1, 0.15) is 16.7 Å². The maximum absolute atomic E-state index is 11.8. The fourth-order valence-corrected chi connectivity index (χ4v) is 1.22. The fourth-order valence-electron chi connectivity index (χ4n) is 1.22. The van der Waals surface area contributed by atoms with Gasteiger partial charge in [-0.1, -0.05) is 18.2 Å². The Morgan fingerprint density at radius 2 is 1.77 bits per heavy atom. The topological polar surface area (TPSA) is 9.23 Å². The van der Waals surface area contributed by atoms with Gasteiger partial charge in [0.1, 0.15) is 0 Å². The van der Waals surface area contributed by atoms with E-state index in [2.05, 4.69) is 4.74 Å². The molecule has 72 valence electrons. The lowest BCUT2D eigenvalue weighted by molar-refractivity contribution is -0.137. The molecule has 0 radical (unpaired) electrons. The molecule has 0 saturated heterocycles. The van der Waals surface area contributed by atoms with Gasteiger partial charge < -0.3 is 4.74 Å². The maximum Gasteiger partial charge on any atom is 0.345 e. The Hall–Kier alpha value is -0.960. The van der Waals surface area contributed by atoms with Gasteiger partial charge in [0.2, 0.25) is 0 Å². The van der Waals surface area contributed by atoms with Gasteiger partial charge in [-0.25, -0.2) is 0 Å². The molecule has 0 atom stereocenters. The van der Waals surface area contributed by atoms with E-state index < -0.39 is 6.61 Å². The van der Waals surface area contributed by atoms with Crippen LogP contribution >= 0.6 is 0 Å². The number of halogens is 2. The largest absolute Gasteiger partial charge is 0.345 e. The molecular weight excluding hydrogens is 174 g/mol. The molecule has 0 aliphatic carbocycles. The molecule has 0 aliphatic rings. The van der Waals surface area contributed by atoms with Crippen molar-refractivity contribution in [2.75, 3.05) is 0 Å². The van der Waals surface area contributed by atoms with Crippen LogP contribution in [0, 0.1) is 13.8 Å². The summed E-state index contributed by atoms with van der Waals surface area (Å²) in [5.41, 5.74) is 2.82. The van der Waals surface area contributed by atoms with Crippen LogP contribution in [0.5, 0.6) is 0 Å². The van der Waals surface area contributed by atoms with Gasteiger partial charge in [0.15, 0.2) is 0 Å². The van der Waals surface area contributed by atoms with Crippen molar-refractivity contribution in [1.29, 1.82) is 0 Å². The third-order valence-corrected chi connectivity index (χ3v) is 2.00. The molecule has 1 aromatic rings. The maximum atomic E-state index is 11.8. The summed E-state index contributed by atoms with van der Waals surface area (Å²) in [7, 11) is 0. The summed E-state index contributed by atoms with van der Waals surface area (Å²) >= 11 is 0. The third kappa shape index (κ3) is 2.77. The lowest BCUT2D eigenvalue weighted by Crippen LogP contribution is -2.02. The Morgan fingerprint density at radius 3 is 2.23 bits per heavy atom. The zero-order valence-electron chi connectivity index (χ0n) is 7.68. The predicted molar refractivity (Wildman–Crippen MR) is 46.7 cm³/mol. The van der Waals surface area contributed by atoms with Gasteiger partial charge in [0.05, 0.1) is 6.61 Å². The summed E-state index contributed by atoms with van der Waals surface area (Å²) in [6.07, 6.45) is 0. The Bertz CT molecular complexity index is 264. The third-order valence-electron chi connectivity index (χ3n) is 2.00. The van der Waals surface area contributed by atoms with Gasteiger partial charge in [-0.05, 0) is 30.5 Å². The Labute approximate surface area is 76.3 Å². The van der Waals surface area contributed by atoms with E-state index in [1.54, 1.807) is 0 Å². The minimum Gasteiger partial charge on any atom is -0.318 e. The second-order valence-corrected chi connectivity index (χ2v) is 2.94. The van der Waals surface area contributed by atoms with E-state index in [4.69, 9.17) is 0 Å². The Morgan fingerprint density at radius 1 is 1.23 bits per heavy atom. The molecule has 0 spiro atoms. The molecule has 0 aromatic heterocycles. The highest BCUT2D eigenvalue weighted by Gasteiger charge is 2.06. The van der Waals surface area contributed by atoms with Crippen molar-refractivity contribution in [1.82, 2.24) is 0 Å². The first-order valence-electron chi connectivity index (χ1n) is 4.06. The standard InChI is InChI=1S/C10H12F2O/c1-7-4-3-5-8(2)9(7)6-13-10(11)12/h3-5,10H,6H2,1-2H3. The SMILES string of the molecule is Cc1cccc(C)c1COC(F)F. The van der Waals surface area contributed by atoms with E-state index in [0.717, 1.165) is 16.7 Å². The van der Waals surface area contributed by atoms with Crippen LogP contribution < -0.4 is 0 Å². The summed E-state index contributed by atoms with van der Waals surface area (Å²) < 4.78 is 27.8. The molecule has 0 unspecified atom stereocenters. The average molecular weight is 186 g/mol. The van der Waals surface area contributed by atoms with Crippen molar-refractivity contribution in [3.63, 3.8) is 0 Å². The summed E-state index contributed by atoms with van der Waals surface area (Å²) in [6.45, 7) is 1.06. The zero-order chi connectivity index (χ0) is 9.84. The normalized spacial score (nSPS) is 10.8. The van der Waals surface area contributed by atoms with Crippen molar-refractivity contribution in [3.8, 4) is 0 Å². The molecule has 0 amide bonds. The molecule has 1 rings (SSSR count). The van der Waals surface area contributed by atoms with Crippen molar-refractivity contribution in [2.45, 2.75) is 27.1 Å². The molecule has 3 heteroatoms. The van der Waals surface area contributed by atoms with Crippen LogP contribution in [0.4, 0.5) is 8.78 Å². The van der Waals surface area contributed by atoms with E-state index in [-0.39, 0.29) is 6.61 Å². The first kappa shape index (κ1) is 10.1. The molecular formula is C10H12F2O. The van der Waals surface area contributed by atoms with E-state index in [0.29, 0.717) is 0 Å². The van der Waals surface area contributed by atoms with E-state index in [1.807, 2.05) is 32.0 Å². The van der Waals surface area contributed by atoms with Crippen LogP contribution in [0.25, 0.3) is 0 Å². The second-order valence-electron chi connectivity index (χ2n) is 2.94. The van der Waals surface area contributed by atoms with Crippen molar-refractivity contribution in [3.05, 3.63) is 34.9 Å². The Balaban J connectivity index is 2.75. The molecule has 1 aromatic carbocycles. The summed E-state index contributed by atoms with van der Waals surface area (Å²) in [5, 5.41) is 0.